The lowest BCUT2D eigenvalue weighted by molar-refractivity contribution is 0.152. The molecule has 0 aromatic carbocycles. The van der Waals surface area contributed by atoms with E-state index >= 15 is 0 Å². The molecule has 26 heavy (non-hydrogen) atoms. The third kappa shape index (κ3) is 7.63. The third-order valence-electron chi connectivity index (χ3n) is 3.56. The predicted octanol–water partition coefficient (Wildman–Crippen LogP) is 3.57. The molecule has 1 saturated carbocycles. The first kappa shape index (κ1) is 24.2. The maximum Gasteiger partial charge on any atom is 0.437 e. The topological polar surface area (TPSA) is 95.5 Å². The number of thioether (sulfide) groups is 1. The molecule has 0 aromatic rings. The highest BCUT2D eigenvalue weighted by Crippen LogP contribution is 2.57. The zero-order valence-corrected chi connectivity index (χ0v) is 19.0. The fraction of sp³-hybridized carbons (Fsp3) is 0.857. The number of hydrogen-bond donors (Lipinski definition) is 1. The minimum absolute atomic E-state index is 0.0225. The van der Waals surface area contributed by atoms with Crippen molar-refractivity contribution >= 4 is 52.7 Å². The molecule has 1 fully saturated rings. The minimum atomic E-state index is -2.89. The summed E-state index contributed by atoms with van der Waals surface area (Å²) >= 11 is 5.41. The van der Waals surface area contributed by atoms with Crippen molar-refractivity contribution in [1.29, 1.82) is 0 Å². The van der Waals surface area contributed by atoms with Gasteiger partial charge in [0, 0.05) is 0 Å². The molecule has 0 radical (unpaired) electrons. The molecule has 1 N–H and O–H groups in total. The highest BCUT2D eigenvalue weighted by Gasteiger charge is 2.44. The monoisotopic (exact) mass is 445 g/mol. The molecule has 0 spiro atoms. The van der Waals surface area contributed by atoms with Crippen molar-refractivity contribution in [1.82, 2.24) is 9.39 Å². The maximum atomic E-state index is 13.0. The largest absolute Gasteiger partial charge is 0.596 e. The minimum Gasteiger partial charge on any atom is -0.596 e. The van der Waals surface area contributed by atoms with Gasteiger partial charge in [-0.1, -0.05) is 18.0 Å². The molecule has 0 bridgehead atoms. The van der Waals surface area contributed by atoms with E-state index in [2.05, 4.69) is 10.5 Å². The van der Waals surface area contributed by atoms with Crippen LogP contribution in [0.1, 0.15) is 46.5 Å². The third-order valence-corrected chi connectivity index (χ3v) is 9.98. The molecule has 1 amide bonds. The van der Waals surface area contributed by atoms with E-state index in [9.17, 15) is 9.35 Å². The summed E-state index contributed by atoms with van der Waals surface area (Å²) in [4.78, 5) is 16.4. The highest BCUT2D eigenvalue weighted by molar-refractivity contribution is 8.13. The molecule has 1 aliphatic rings. The summed E-state index contributed by atoms with van der Waals surface area (Å²) in [5.41, 5.74) is 0. The number of amides is 1. The van der Waals surface area contributed by atoms with E-state index in [1.54, 1.807) is 11.0 Å². The van der Waals surface area contributed by atoms with Crippen molar-refractivity contribution in [3.05, 3.63) is 0 Å². The van der Waals surface area contributed by atoms with Crippen molar-refractivity contribution in [2.75, 3.05) is 25.3 Å². The maximum absolute atomic E-state index is 13.0. The summed E-state index contributed by atoms with van der Waals surface area (Å²) in [6.45, 7) is 3.24. The summed E-state index contributed by atoms with van der Waals surface area (Å²) in [6.07, 6.45) is 4.91. The Kier molecular flexibility index (Phi) is 11.7. The first-order valence-electron chi connectivity index (χ1n) is 8.48. The van der Waals surface area contributed by atoms with E-state index in [-0.39, 0.29) is 11.9 Å². The van der Waals surface area contributed by atoms with Crippen molar-refractivity contribution in [2.24, 2.45) is 5.16 Å². The molecule has 1 unspecified atom stereocenters. The van der Waals surface area contributed by atoms with Crippen LogP contribution in [0.5, 0.6) is 0 Å². The lowest BCUT2D eigenvalue weighted by atomic mass is 10.3. The Labute approximate surface area is 168 Å². The van der Waals surface area contributed by atoms with E-state index in [1.807, 2.05) is 20.1 Å². The quantitative estimate of drug-likeness (QED) is 0.136. The van der Waals surface area contributed by atoms with Crippen molar-refractivity contribution in [3.63, 3.8) is 0 Å². The van der Waals surface area contributed by atoms with Crippen LogP contribution < -0.4 is 5.32 Å². The van der Waals surface area contributed by atoms with Crippen LogP contribution in [-0.2, 0) is 37.1 Å². The van der Waals surface area contributed by atoms with Gasteiger partial charge in [-0.2, -0.15) is 0 Å². The number of rotatable bonds is 10. The van der Waals surface area contributed by atoms with Gasteiger partial charge in [-0.15, -0.1) is 11.8 Å². The Balaban J connectivity index is 2.79. The molecular weight excluding hydrogens is 417 g/mol. The lowest BCUT2D eigenvalue weighted by Gasteiger charge is -2.36. The average molecular weight is 446 g/mol. The zero-order valence-electron chi connectivity index (χ0n) is 15.6. The molecule has 0 heterocycles. The van der Waals surface area contributed by atoms with Crippen LogP contribution in [0.2, 0.25) is 0 Å². The fourth-order valence-corrected chi connectivity index (χ4v) is 8.11. The van der Waals surface area contributed by atoms with Crippen molar-refractivity contribution in [2.45, 2.75) is 52.5 Å². The Bertz CT molecular complexity index is 510. The number of carbonyl (C=O) groups excluding carboxylic acids is 1. The lowest BCUT2D eigenvalue weighted by Crippen LogP contribution is -2.43. The molecule has 12 heteroatoms. The Hall–Kier alpha value is 0.130. The first-order chi connectivity index (χ1) is 12.4. The van der Waals surface area contributed by atoms with Gasteiger partial charge < -0.3 is 13.6 Å². The van der Waals surface area contributed by atoms with Gasteiger partial charge in [0.2, 0.25) is 5.88 Å². The van der Waals surface area contributed by atoms with Crippen molar-refractivity contribution < 1.29 is 23.2 Å². The van der Waals surface area contributed by atoms with Crippen molar-refractivity contribution in [3.8, 4) is 0 Å². The van der Waals surface area contributed by atoms with Crippen LogP contribution in [-0.4, -0.2) is 51.2 Å². The standard InChI is InChI=1S/C14H28N3O5PS3/c1-5-20-23(24,21-6-2)17(13-9-7-8-10-13)26(19)11-15-14(18)22-16-12(3)25-4/h13H,5-11H2,1-4H3,(H,15,18)/b16-12+. The molecule has 0 saturated heterocycles. The van der Waals surface area contributed by atoms with Crippen LogP contribution in [0.15, 0.2) is 5.16 Å². The molecule has 0 aliphatic heterocycles. The number of hydrogen-bond acceptors (Lipinski definition) is 8. The normalized spacial score (nSPS) is 17.5. The molecule has 1 rings (SSSR count). The predicted molar refractivity (Wildman–Crippen MR) is 111 cm³/mol. The molecule has 152 valence electrons. The van der Waals surface area contributed by atoms with Gasteiger partial charge in [-0.05, 0) is 55.8 Å². The summed E-state index contributed by atoms with van der Waals surface area (Å²) in [5, 5.41) is 6.71. The van der Waals surface area contributed by atoms with Crippen LogP contribution >= 0.6 is 18.4 Å². The SMILES string of the molecule is CCOP(=S)(OCC)N(C1CCCC1)[S+]([O-])CNC(=O)O/N=C(\C)SC. The molecule has 0 aromatic heterocycles. The molecule has 8 nitrogen and oxygen atoms in total. The van der Waals surface area contributed by atoms with Crippen LogP contribution in [0.25, 0.3) is 0 Å². The van der Waals surface area contributed by atoms with E-state index < -0.39 is 24.1 Å². The Morgan fingerprint density at radius 2 is 1.96 bits per heavy atom. The van der Waals surface area contributed by atoms with Gasteiger partial charge in [-0.25, -0.2) is 4.79 Å². The average Bonchev–Trinajstić information content (AvgIpc) is 3.12. The first-order valence-corrected chi connectivity index (χ1v) is 13.6. The highest BCUT2D eigenvalue weighted by atomic mass is 32.5. The van der Waals surface area contributed by atoms with Gasteiger partial charge in [0.05, 0.1) is 30.6 Å². The summed E-state index contributed by atoms with van der Waals surface area (Å²) in [6, 6.07) is 0.0225. The fourth-order valence-electron chi connectivity index (χ4n) is 2.44. The Morgan fingerprint density at radius 3 is 2.46 bits per heavy atom. The molecular formula is C14H28N3O5PS3. The van der Waals surface area contributed by atoms with E-state index in [0.29, 0.717) is 18.3 Å². The van der Waals surface area contributed by atoms with Crippen LogP contribution in [0.3, 0.4) is 0 Å². The van der Waals surface area contributed by atoms with E-state index in [1.165, 1.54) is 11.8 Å². The van der Waals surface area contributed by atoms with Gasteiger partial charge in [0.15, 0.2) is 0 Å². The molecule has 1 aliphatic carbocycles. The number of nitrogens with one attached hydrogen (secondary N) is 1. The number of nitrogens with zero attached hydrogens (tertiary/aromatic N) is 2. The second kappa shape index (κ2) is 12.6. The second-order valence-corrected chi connectivity index (χ2v) is 11.2. The van der Waals surface area contributed by atoms with Gasteiger partial charge in [0.1, 0.15) is 5.04 Å². The summed E-state index contributed by atoms with van der Waals surface area (Å²) in [7, 11) is 0. The Morgan fingerprint density at radius 1 is 1.38 bits per heavy atom. The zero-order chi connectivity index (χ0) is 19.6. The van der Waals surface area contributed by atoms with Crippen LogP contribution in [0, 0.1) is 0 Å². The van der Waals surface area contributed by atoms with Gasteiger partial charge in [0.25, 0.3) is 0 Å². The van der Waals surface area contributed by atoms with E-state index in [0.717, 1.165) is 25.7 Å². The number of oxime groups is 1. The summed E-state index contributed by atoms with van der Waals surface area (Å²) in [5.74, 6) is -0.137. The summed E-state index contributed by atoms with van der Waals surface area (Å²) < 4.78 is 26.1. The number of carbonyl (C=O) groups is 1. The second-order valence-electron chi connectivity index (χ2n) is 5.38. The van der Waals surface area contributed by atoms with Gasteiger partial charge >= 0.3 is 12.7 Å². The van der Waals surface area contributed by atoms with Gasteiger partial charge in [-0.3, -0.25) is 10.2 Å². The van der Waals surface area contributed by atoms with E-state index in [4.69, 9.17) is 25.7 Å². The smallest absolute Gasteiger partial charge is 0.437 e. The molecule has 1 atom stereocenters. The van der Waals surface area contributed by atoms with Crippen LogP contribution in [0.4, 0.5) is 4.79 Å².